The number of carboxylic acids is 1. The molecule has 0 aliphatic carbocycles. The normalized spacial score (nSPS) is 23.8. The number of carboxylic acid groups (broad SMARTS) is 1. The summed E-state index contributed by atoms with van der Waals surface area (Å²) in [6.45, 7) is 0.233. The van der Waals surface area contributed by atoms with Crippen molar-refractivity contribution in [3.63, 3.8) is 0 Å². The number of carbonyl (C=O) groups is 3. The highest BCUT2D eigenvalue weighted by molar-refractivity contribution is 8.00. The van der Waals surface area contributed by atoms with Gasteiger partial charge in [0.25, 0.3) is 11.8 Å². The second kappa shape index (κ2) is 8.96. The number of oxime groups is 1. The van der Waals surface area contributed by atoms with Gasteiger partial charge in [0.2, 0.25) is 12.2 Å². The predicted molar refractivity (Wildman–Crippen MR) is 121 cm³/mol. The minimum atomic E-state index is -1.22. The molecule has 2 amide bonds. The highest BCUT2D eigenvalue weighted by Crippen LogP contribution is 2.40. The van der Waals surface area contributed by atoms with Crippen molar-refractivity contribution < 1.29 is 38.0 Å². The molecule has 3 aliphatic heterocycles. The second-order valence-corrected chi connectivity index (χ2v) is 8.86. The molecule has 4 N–H and O–H groups in total. The van der Waals surface area contributed by atoms with Crippen molar-refractivity contribution in [3.8, 4) is 0 Å². The summed E-state index contributed by atoms with van der Waals surface area (Å²) in [5.41, 5.74) is 6.84. The maximum atomic E-state index is 13.0. The number of nitrogens with zero attached hydrogens (tertiary/aromatic N) is 4. The van der Waals surface area contributed by atoms with Crippen LogP contribution in [0.4, 0.5) is 0 Å². The van der Waals surface area contributed by atoms with Gasteiger partial charge in [0.05, 0.1) is 11.6 Å². The first-order valence-corrected chi connectivity index (χ1v) is 11.5. The van der Waals surface area contributed by atoms with Gasteiger partial charge in [0.15, 0.2) is 12.7 Å². The average molecular weight is 502 g/mol. The largest absolute Gasteiger partial charge is 0.477 e. The molecule has 0 radical (unpaired) electrons. The number of ether oxygens (including phenoxy) is 1. The molecule has 3 aliphatic rings. The van der Waals surface area contributed by atoms with E-state index in [2.05, 4.69) is 10.5 Å². The molecule has 14 heteroatoms. The van der Waals surface area contributed by atoms with E-state index in [0.717, 1.165) is 5.39 Å². The summed E-state index contributed by atoms with van der Waals surface area (Å²) in [5, 5.41) is 16.5. The Balaban J connectivity index is 1.36. The van der Waals surface area contributed by atoms with Gasteiger partial charge in [-0.25, -0.2) is 4.79 Å². The summed E-state index contributed by atoms with van der Waals surface area (Å²) in [4.78, 5) is 45.2. The number of nitrogens with one attached hydrogen (secondary N) is 1. The van der Waals surface area contributed by atoms with Gasteiger partial charge in [-0.05, 0) is 12.1 Å². The Morgan fingerprint density at radius 1 is 1.43 bits per heavy atom. The van der Waals surface area contributed by atoms with Crippen LogP contribution in [0.5, 0.6) is 0 Å². The molecule has 35 heavy (non-hydrogen) atoms. The van der Waals surface area contributed by atoms with E-state index in [9.17, 15) is 19.5 Å². The first kappa shape index (κ1) is 22.7. The Bertz CT molecular complexity index is 1300. The second-order valence-electron chi connectivity index (χ2n) is 7.75. The zero-order valence-electron chi connectivity index (χ0n) is 18.4. The monoisotopic (exact) mass is 501 g/mol. The molecule has 182 valence electrons. The molecule has 1 fully saturated rings. The molecule has 0 bridgehead atoms. The Morgan fingerprint density at radius 3 is 2.97 bits per heavy atom. The number of nitrogens with two attached hydrogens (primary N) is 1. The number of pyridine rings is 1. The van der Waals surface area contributed by atoms with Gasteiger partial charge in [0, 0.05) is 23.6 Å². The number of aliphatic carboxylic acids is 1. The van der Waals surface area contributed by atoms with Crippen molar-refractivity contribution in [2.24, 2.45) is 10.9 Å². The van der Waals surface area contributed by atoms with Crippen LogP contribution in [-0.2, 0) is 30.5 Å². The van der Waals surface area contributed by atoms with Crippen LogP contribution < -0.4 is 15.6 Å². The van der Waals surface area contributed by atoms with Crippen LogP contribution in [-0.4, -0.2) is 69.2 Å². The zero-order chi connectivity index (χ0) is 24.7. The molecule has 13 nitrogen and oxygen atoms in total. The summed E-state index contributed by atoms with van der Waals surface area (Å²) in [6.07, 6.45) is 5.06. The number of amides is 2. The highest BCUT2D eigenvalue weighted by atomic mass is 32.2. The number of rotatable bonds is 5. The van der Waals surface area contributed by atoms with E-state index in [1.807, 2.05) is 18.2 Å². The molecule has 0 saturated carbocycles. The number of thioether (sulfide) groups is 1. The van der Waals surface area contributed by atoms with E-state index in [4.69, 9.17) is 19.7 Å². The van der Waals surface area contributed by atoms with Crippen LogP contribution in [0.15, 0.2) is 64.0 Å². The van der Waals surface area contributed by atoms with Crippen LogP contribution in [0.25, 0.3) is 11.1 Å². The summed E-state index contributed by atoms with van der Waals surface area (Å²) < 4.78 is 12.4. The molecule has 2 unspecified atom stereocenters. The lowest BCUT2D eigenvalue weighted by atomic mass is 10.0. The van der Waals surface area contributed by atoms with Crippen molar-refractivity contribution >= 4 is 46.5 Å². The number of fused-ring (bicyclic) bond motifs is 2. The number of amidine groups is 1. The van der Waals surface area contributed by atoms with Gasteiger partial charge in [-0.3, -0.25) is 25.1 Å². The molecule has 3 atom stereocenters. The molecule has 5 rings (SSSR count). The number of furan rings is 1. The molecular weight excluding hydrogens is 480 g/mol. The van der Waals surface area contributed by atoms with Crippen LogP contribution >= 0.6 is 11.8 Å². The minimum absolute atomic E-state index is 0.0935. The fourth-order valence-corrected chi connectivity index (χ4v) is 5.48. The van der Waals surface area contributed by atoms with Crippen LogP contribution in [0.3, 0.4) is 0 Å². The summed E-state index contributed by atoms with van der Waals surface area (Å²) in [6, 6.07) is 4.59. The SMILES string of the molecule is CO/N=C(\C(=O)NC1C(=O)N2C(C(=O)O)=C(C[n+]3cccc4ccoc43)CS[C@H]12)N1C=COC1N. The first-order chi connectivity index (χ1) is 16.9. The first-order valence-electron chi connectivity index (χ1n) is 10.4. The Labute approximate surface area is 202 Å². The van der Waals surface area contributed by atoms with Crippen LogP contribution in [0, 0.1) is 0 Å². The zero-order valence-corrected chi connectivity index (χ0v) is 19.2. The van der Waals surface area contributed by atoms with E-state index < -0.39 is 35.6 Å². The number of carbonyl (C=O) groups excluding carboxylic acids is 2. The van der Waals surface area contributed by atoms with Crippen molar-refractivity contribution in [1.82, 2.24) is 15.1 Å². The highest BCUT2D eigenvalue weighted by Gasteiger charge is 2.55. The van der Waals surface area contributed by atoms with E-state index in [-0.39, 0.29) is 18.1 Å². The fourth-order valence-electron chi connectivity index (χ4n) is 4.15. The summed E-state index contributed by atoms with van der Waals surface area (Å²) in [7, 11) is 1.26. The van der Waals surface area contributed by atoms with E-state index in [1.165, 1.54) is 41.1 Å². The van der Waals surface area contributed by atoms with Gasteiger partial charge >= 0.3 is 11.7 Å². The lowest BCUT2D eigenvalue weighted by Crippen LogP contribution is -2.71. The topological polar surface area (TPSA) is 164 Å². The third kappa shape index (κ3) is 3.85. The van der Waals surface area contributed by atoms with E-state index >= 15 is 0 Å². The number of aromatic nitrogens is 1. The molecule has 0 spiro atoms. The van der Waals surface area contributed by atoms with Gasteiger partial charge in [0.1, 0.15) is 30.5 Å². The fraction of sp³-hybridized carbons (Fsp3) is 0.286. The number of β-lactam (4-membered cyclic amide) rings is 1. The molecule has 0 aromatic carbocycles. The Kier molecular flexibility index (Phi) is 5.82. The molecule has 2 aromatic rings. The van der Waals surface area contributed by atoms with E-state index in [0.29, 0.717) is 17.0 Å². The minimum Gasteiger partial charge on any atom is -0.477 e. The number of hydrogen-bond acceptors (Lipinski definition) is 9. The molecule has 2 aromatic heterocycles. The molecule has 1 saturated heterocycles. The molecule has 5 heterocycles. The van der Waals surface area contributed by atoms with Crippen molar-refractivity contribution in [3.05, 3.63) is 54.4 Å². The standard InChI is InChI=1S/C21H20N6O7S/c1-32-24-15(26-6-8-34-21(26)22)16(28)23-13-17(29)27-14(20(30)31)12(10-35-19(13)27)9-25-5-2-3-11-4-7-33-18(11)25/h2-8,13,19,21H,9-10,22H2,1H3,(H-,23,28,30,31)/p+1/b24-15+/t13?,19-,21?/m1/s1. The predicted octanol–water partition coefficient (Wildman–Crippen LogP) is -0.535. The number of hydrogen-bond donors (Lipinski definition) is 3. The van der Waals surface area contributed by atoms with Crippen molar-refractivity contribution in [2.45, 2.75) is 24.3 Å². The lowest BCUT2D eigenvalue weighted by molar-refractivity contribution is -0.669. The van der Waals surface area contributed by atoms with Crippen molar-refractivity contribution in [2.75, 3.05) is 12.9 Å². The van der Waals surface area contributed by atoms with Crippen LogP contribution in [0.2, 0.25) is 0 Å². The quantitative estimate of drug-likeness (QED) is 0.159. The summed E-state index contributed by atoms with van der Waals surface area (Å²) >= 11 is 1.36. The third-order valence-electron chi connectivity index (χ3n) is 5.71. The summed E-state index contributed by atoms with van der Waals surface area (Å²) in [5.74, 6) is -2.34. The van der Waals surface area contributed by atoms with Gasteiger partial charge in [-0.2, -0.15) is 4.57 Å². The van der Waals surface area contributed by atoms with Crippen molar-refractivity contribution in [1.29, 1.82) is 0 Å². The maximum Gasteiger partial charge on any atom is 0.380 e. The van der Waals surface area contributed by atoms with Gasteiger partial charge in [-0.15, -0.1) is 11.8 Å². The van der Waals surface area contributed by atoms with Crippen LogP contribution in [0.1, 0.15) is 0 Å². The maximum absolute atomic E-state index is 13.0. The Morgan fingerprint density at radius 2 is 2.26 bits per heavy atom. The average Bonchev–Trinajstić information content (AvgIpc) is 3.49. The van der Waals surface area contributed by atoms with Gasteiger partial charge < -0.3 is 24.4 Å². The molecular formula is C21H21N6O7S+. The third-order valence-corrected chi connectivity index (χ3v) is 7.05. The lowest BCUT2D eigenvalue weighted by Gasteiger charge is -2.49. The Hall–Kier alpha value is -4.04. The van der Waals surface area contributed by atoms with E-state index in [1.54, 1.807) is 17.0 Å². The van der Waals surface area contributed by atoms with Gasteiger partial charge in [-0.1, -0.05) is 5.16 Å². The smallest absolute Gasteiger partial charge is 0.380 e.